The average Bonchev–Trinajstić information content (AvgIpc) is 2.76. The smallest absolute Gasteiger partial charge is 0.358 e. The molecule has 18 heavy (non-hydrogen) atoms. The van der Waals surface area contributed by atoms with Crippen molar-refractivity contribution in [3.8, 4) is 0 Å². The highest BCUT2D eigenvalue weighted by molar-refractivity contribution is 5.84. The summed E-state index contributed by atoms with van der Waals surface area (Å²) in [5.41, 5.74) is 0.957. The molecular weight excluding hydrogens is 236 g/mol. The van der Waals surface area contributed by atoms with Crippen molar-refractivity contribution in [1.82, 2.24) is 20.3 Å². The van der Waals surface area contributed by atoms with Gasteiger partial charge in [0.1, 0.15) is 0 Å². The molecule has 0 atom stereocenters. The van der Waals surface area contributed by atoms with Crippen LogP contribution >= 0.6 is 0 Å². The van der Waals surface area contributed by atoms with Crippen LogP contribution in [0.3, 0.4) is 0 Å². The quantitative estimate of drug-likeness (QED) is 0.482. The van der Waals surface area contributed by atoms with Crippen LogP contribution in [0.2, 0.25) is 0 Å². The van der Waals surface area contributed by atoms with Gasteiger partial charge in [-0.3, -0.25) is 4.68 Å². The van der Waals surface area contributed by atoms with Crippen molar-refractivity contribution in [3.63, 3.8) is 0 Å². The van der Waals surface area contributed by atoms with Gasteiger partial charge in [0.15, 0.2) is 5.69 Å². The molecule has 1 aromatic rings. The number of aromatic carboxylic acids is 1. The second-order valence-corrected chi connectivity index (χ2v) is 3.93. The van der Waals surface area contributed by atoms with E-state index in [1.807, 2.05) is 6.92 Å². The van der Waals surface area contributed by atoms with Gasteiger partial charge in [-0.2, -0.15) is 0 Å². The van der Waals surface area contributed by atoms with Gasteiger partial charge >= 0.3 is 5.97 Å². The van der Waals surface area contributed by atoms with Gasteiger partial charge in [0.25, 0.3) is 0 Å². The first kappa shape index (κ1) is 14.3. The second kappa shape index (κ2) is 7.57. The molecule has 0 fully saturated rings. The highest BCUT2D eigenvalue weighted by atomic mass is 16.5. The number of aromatic nitrogens is 3. The predicted molar refractivity (Wildman–Crippen MR) is 65.5 cm³/mol. The highest BCUT2D eigenvalue weighted by Gasteiger charge is 2.07. The Bertz CT molecular complexity index is 403. The van der Waals surface area contributed by atoms with Crippen LogP contribution in [0, 0.1) is 0 Å². The summed E-state index contributed by atoms with van der Waals surface area (Å²) in [4.78, 5) is 10.6. The van der Waals surface area contributed by atoms with Crippen molar-refractivity contribution in [1.29, 1.82) is 0 Å². The Morgan fingerprint density at radius 1 is 1.61 bits per heavy atom. The Morgan fingerprint density at radius 3 is 3.00 bits per heavy atom. The first-order chi connectivity index (χ1) is 8.59. The molecule has 0 bridgehead atoms. The summed E-state index contributed by atoms with van der Waals surface area (Å²) in [5.74, 6) is -1.07. The highest BCUT2D eigenvalue weighted by Crippen LogP contribution is 1.91. The normalized spacial score (nSPS) is 10.5. The van der Waals surface area contributed by atoms with Gasteiger partial charge in [-0.1, -0.05) is 17.4 Å². The van der Waals surface area contributed by atoms with Crippen LogP contribution in [-0.4, -0.2) is 52.4 Å². The molecule has 0 aliphatic rings. The van der Waals surface area contributed by atoms with Crippen LogP contribution in [0.15, 0.2) is 18.3 Å². The number of carboxylic acids is 1. The zero-order valence-electron chi connectivity index (χ0n) is 10.4. The van der Waals surface area contributed by atoms with E-state index in [2.05, 4.69) is 22.2 Å². The van der Waals surface area contributed by atoms with Gasteiger partial charge in [0, 0.05) is 13.1 Å². The third kappa shape index (κ3) is 5.55. The Labute approximate surface area is 105 Å². The molecule has 0 aliphatic carbocycles. The van der Waals surface area contributed by atoms with Gasteiger partial charge in [-0.25, -0.2) is 4.79 Å². The number of carbonyl (C=O) groups is 1. The van der Waals surface area contributed by atoms with E-state index >= 15 is 0 Å². The summed E-state index contributed by atoms with van der Waals surface area (Å²) in [6.45, 7) is 8.82. The molecule has 0 unspecified atom stereocenters. The van der Waals surface area contributed by atoms with E-state index in [1.165, 1.54) is 10.9 Å². The molecule has 100 valence electrons. The van der Waals surface area contributed by atoms with E-state index < -0.39 is 5.97 Å². The van der Waals surface area contributed by atoms with Gasteiger partial charge < -0.3 is 15.2 Å². The van der Waals surface area contributed by atoms with Crippen molar-refractivity contribution in [2.24, 2.45) is 0 Å². The first-order valence-corrected chi connectivity index (χ1v) is 5.66. The van der Waals surface area contributed by atoms with Crippen molar-refractivity contribution in [3.05, 3.63) is 24.0 Å². The van der Waals surface area contributed by atoms with Gasteiger partial charge in [0.2, 0.25) is 0 Å². The minimum absolute atomic E-state index is 0.0419. The minimum Gasteiger partial charge on any atom is -0.476 e. The Kier molecular flexibility index (Phi) is 6.03. The Hall–Kier alpha value is -1.73. The number of ether oxygens (including phenoxy) is 1. The molecule has 7 heteroatoms. The maximum Gasteiger partial charge on any atom is 0.358 e. The molecule has 7 nitrogen and oxygen atoms in total. The van der Waals surface area contributed by atoms with Crippen molar-refractivity contribution in [2.45, 2.75) is 13.5 Å². The maximum atomic E-state index is 10.6. The van der Waals surface area contributed by atoms with Crippen molar-refractivity contribution < 1.29 is 14.6 Å². The summed E-state index contributed by atoms with van der Waals surface area (Å²) >= 11 is 0. The maximum absolute atomic E-state index is 10.6. The molecule has 1 rings (SSSR count). The molecule has 0 aliphatic heterocycles. The van der Waals surface area contributed by atoms with Crippen molar-refractivity contribution >= 4 is 5.97 Å². The lowest BCUT2D eigenvalue weighted by Crippen LogP contribution is -2.24. The molecular formula is C11H18N4O3. The molecule has 0 saturated heterocycles. The van der Waals surface area contributed by atoms with Gasteiger partial charge in [0.05, 0.1) is 26.0 Å². The Balaban J connectivity index is 2.07. The molecule has 0 spiro atoms. The standard InChI is InChI=1S/C11H18N4O3/c1-9(2)8-18-6-4-12-3-5-15-7-10(11(16)17)13-14-15/h7,12H,1,3-6,8H2,2H3,(H,16,17). The summed E-state index contributed by atoms with van der Waals surface area (Å²) in [6, 6.07) is 0. The van der Waals surface area contributed by atoms with E-state index in [1.54, 1.807) is 0 Å². The van der Waals surface area contributed by atoms with E-state index in [9.17, 15) is 4.79 Å². The first-order valence-electron chi connectivity index (χ1n) is 5.66. The van der Waals surface area contributed by atoms with E-state index in [0.29, 0.717) is 26.3 Å². The molecule has 1 heterocycles. The number of nitrogens with one attached hydrogen (secondary N) is 1. The average molecular weight is 254 g/mol. The third-order valence-electron chi connectivity index (χ3n) is 2.05. The summed E-state index contributed by atoms with van der Waals surface area (Å²) in [6.07, 6.45) is 1.40. The fourth-order valence-electron chi connectivity index (χ4n) is 1.22. The van der Waals surface area contributed by atoms with Gasteiger partial charge in [-0.15, -0.1) is 5.10 Å². The van der Waals surface area contributed by atoms with Gasteiger partial charge in [-0.05, 0) is 6.92 Å². The van der Waals surface area contributed by atoms with Crippen LogP contribution in [0.5, 0.6) is 0 Å². The number of hydrogen-bond donors (Lipinski definition) is 2. The number of carboxylic acid groups (broad SMARTS) is 1. The zero-order chi connectivity index (χ0) is 13.4. The van der Waals surface area contributed by atoms with E-state index in [0.717, 1.165) is 12.1 Å². The number of nitrogens with zero attached hydrogens (tertiary/aromatic N) is 3. The van der Waals surface area contributed by atoms with Crippen molar-refractivity contribution in [2.75, 3.05) is 26.3 Å². The minimum atomic E-state index is -1.07. The fourth-order valence-corrected chi connectivity index (χ4v) is 1.22. The molecule has 0 aromatic carbocycles. The lowest BCUT2D eigenvalue weighted by molar-refractivity contribution is 0.0690. The Morgan fingerprint density at radius 2 is 2.39 bits per heavy atom. The number of rotatable bonds is 9. The van der Waals surface area contributed by atoms with Crippen LogP contribution in [-0.2, 0) is 11.3 Å². The van der Waals surface area contributed by atoms with Crippen LogP contribution in [0.25, 0.3) is 0 Å². The largest absolute Gasteiger partial charge is 0.476 e. The zero-order valence-corrected chi connectivity index (χ0v) is 10.4. The summed E-state index contributed by atoms with van der Waals surface area (Å²) < 4.78 is 6.80. The molecule has 1 aromatic heterocycles. The van der Waals surface area contributed by atoms with E-state index in [4.69, 9.17) is 9.84 Å². The number of hydrogen-bond acceptors (Lipinski definition) is 5. The predicted octanol–water partition coefficient (Wildman–Crippen LogP) is 0.159. The van der Waals surface area contributed by atoms with Crippen LogP contribution < -0.4 is 5.32 Å². The second-order valence-electron chi connectivity index (χ2n) is 3.93. The summed E-state index contributed by atoms with van der Waals surface area (Å²) in [7, 11) is 0. The molecule has 2 N–H and O–H groups in total. The molecule has 0 amide bonds. The lowest BCUT2D eigenvalue weighted by Gasteiger charge is -2.05. The monoisotopic (exact) mass is 254 g/mol. The fraction of sp³-hybridized carbons (Fsp3) is 0.545. The van der Waals surface area contributed by atoms with Crippen LogP contribution in [0.1, 0.15) is 17.4 Å². The molecule has 0 saturated carbocycles. The summed E-state index contributed by atoms with van der Waals surface area (Å²) in [5, 5.41) is 19.0. The lowest BCUT2D eigenvalue weighted by atomic mass is 10.4. The molecule has 0 radical (unpaired) electrons. The topological polar surface area (TPSA) is 89.3 Å². The van der Waals surface area contributed by atoms with E-state index in [-0.39, 0.29) is 5.69 Å². The van der Waals surface area contributed by atoms with Crippen LogP contribution in [0.4, 0.5) is 0 Å². The SMILES string of the molecule is C=C(C)COCCNCCn1cc(C(=O)O)nn1. The third-order valence-corrected chi connectivity index (χ3v) is 2.05.